The highest BCUT2D eigenvalue weighted by Crippen LogP contribution is 2.39. The van der Waals surface area contributed by atoms with Crippen LogP contribution in [0.15, 0.2) is 35.2 Å². The SMILES string of the molecule is COc1ccc(SOCc2cc(OC)c(OC)c(OC)c2)cc1OC. The molecule has 2 aromatic rings. The Labute approximate surface area is 152 Å². The van der Waals surface area contributed by atoms with Gasteiger partial charge >= 0.3 is 0 Å². The molecule has 25 heavy (non-hydrogen) atoms. The molecule has 0 saturated carbocycles. The summed E-state index contributed by atoms with van der Waals surface area (Å²) in [5, 5.41) is 0. The molecule has 0 aliphatic carbocycles. The van der Waals surface area contributed by atoms with Crippen LogP contribution in [0, 0.1) is 0 Å². The van der Waals surface area contributed by atoms with Crippen molar-refractivity contribution in [3.8, 4) is 28.7 Å². The van der Waals surface area contributed by atoms with E-state index in [2.05, 4.69) is 0 Å². The van der Waals surface area contributed by atoms with Crippen LogP contribution in [0.3, 0.4) is 0 Å². The predicted molar refractivity (Wildman–Crippen MR) is 96.3 cm³/mol. The van der Waals surface area contributed by atoms with Crippen molar-refractivity contribution in [2.45, 2.75) is 11.5 Å². The minimum absolute atomic E-state index is 0.371. The lowest BCUT2D eigenvalue weighted by Crippen LogP contribution is -1.97. The van der Waals surface area contributed by atoms with E-state index in [1.807, 2.05) is 30.3 Å². The van der Waals surface area contributed by atoms with Crippen LogP contribution in [0.25, 0.3) is 0 Å². The Morgan fingerprint density at radius 1 is 0.680 bits per heavy atom. The summed E-state index contributed by atoms with van der Waals surface area (Å²) in [4.78, 5) is 0.907. The zero-order valence-electron chi connectivity index (χ0n) is 15.0. The fourth-order valence-electron chi connectivity index (χ4n) is 2.25. The molecule has 0 fully saturated rings. The van der Waals surface area contributed by atoms with Crippen LogP contribution in [0.5, 0.6) is 28.7 Å². The van der Waals surface area contributed by atoms with Crippen molar-refractivity contribution in [3.63, 3.8) is 0 Å². The molecule has 136 valence electrons. The molecule has 0 spiro atoms. The van der Waals surface area contributed by atoms with E-state index >= 15 is 0 Å². The topological polar surface area (TPSA) is 55.4 Å². The fraction of sp³-hybridized carbons (Fsp3) is 0.333. The van der Waals surface area contributed by atoms with Gasteiger partial charge in [-0.05, 0) is 35.9 Å². The van der Waals surface area contributed by atoms with E-state index in [-0.39, 0.29) is 0 Å². The Bertz CT molecular complexity index is 679. The normalized spacial score (nSPS) is 10.3. The molecular formula is C18H22O6S. The second-order valence-corrected chi connectivity index (χ2v) is 5.77. The van der Waals surface area contributed by atoms with Crippen molar-refractivity contribution < 1.29 is 27.9 Å². The zero-order chi connectivity index (χ0) is 18.2. The summed E-state index contributed by atoms with van der Waals surface area (Å²) in [5.41, 5.74) is 0.905. The molecule has 0 amide bonds. The van der Waals surface area contributed by atoms with Crippen LogP contribution in [0.2, 0.25) is 0 Å². The van der Waals surface area contributed by atoms with Gasteiger partial charge in [0.05, 0.1) is 42.2 Å². The quantitative estimate of drug-likeness (QED) is 0.623. The first kappa shape index (κ1) is 19.1. The van der Waals surface area contributed by atoms with Crippen LogP contribution < -0.4 is 23.7 Å². The maximum absolute atomic E-state index is 5.72. The zero-order valence-corrected chi connectivity index (χ0v) is 15.8. The summed E-state index contributed by atoms with van der Waals surface area (Å²) in [6.45, 7) is 0.371. The maximum Gasteiger partial charge on any atom is 0.203 e. The minimum atomic E-state index is 0.371. The standard InChI is InChI=1S/C18H22O6S/c1-19-14-7-6-13(10-15(14)20-2)25-24-11-12-8-16(21-3)18(23-5)17(9-12)22-4/h6-10H,11H2,1-5H3. The van der Waals surface area contributed by atoms with Crippen LogP contribution in [0.1, 0.15) is 5.56 Å². The van der Waals surface area contributed by atoms with E-state index in [1.54, 1.807) is 35.5 Å². The number of benzene rings is 2. The highest BCUT2D eigenvalue weighted by atomic mass is 32.2. The molecule has 0 aliphatic heterocycles. The molecule has 0 saturated heterocycles. The Morgan fingerprint density at radius 2 is 1.28 bits per heavy atom. The Morgan fingerprint density at radius 3 is 1.80 bits per heavy atom. The van der Waals surface area contributed by atoms with E-state index < -0.39 is 0 Å². The van der Waals surface area contributed by atoms with Gasteiger partial charge in [0.1, 0.15) is 0 Å². The van der Waals surface area contributed by atoms with Gasteiger partial charge in [-0.15, -0.1) is 0 Å². The monoisotopic (exact) mass is 366 g/mol. The van der Waals surface area contributed by atoms with Crippen molar-refractivity contribution in [2.75, 3.05) is 35.5 Å². The molecule has 0 bridgehead atoms. The average molecular weight is 366 g/mol. The van der Waals surface area contributed by atoms with Gasteiger partial charge in [-0.2, -0.15) is 0 Å². The largest absolute Gasteiger partial charge is 0.493 e. The number of ether oxygens (including phenoxy) is 5. The average Bonchev–Trinajstić information content (AvgIpc) is 2.66. The van der Waals surface area contributed by atoms with Gasteiger partial charge in [0.2, 0.25) is 5.75 Å². The molecule has 0 N–H and O–H groups in total. The maximum atomic E-state index is 5.72. The van der Waals surface area contributed by atoms with Crippen molar-refractivity contribution in [1.29, 1.82) is 0 Å². The molecule has 0 aromatic heterocycles. The minimum Gasteiger partial charge on any atom is -0.493 e. The van der Waals surface area contributed by atoms with E-state index in [1.165, 1.54) is 12.0 Å². The van der Waals surface area contributed by atoms with Crippen LogP contribution >= 0.6 is 12.0 Å². The van der Waals surface area contributed by atoms with Crippen LogP contribution in [-0.2, 0) is 10.8 Å². The summed E-state index contributed by atoms with van der Waals surface area (Å²) in [6.07, 6.45) is 0. The number of methoxy groups -OCH3 is 5. The molecule has 0 aliphatic rings. The molecule has 0 radical (unpaired) electrons. The third-order valence-electron chi connectivity index (χ3n) is 3.46. The first-order valence-corrected chi connectivity index (χ1v) is 8.21. The third-order valence-corrected chi connectivity index (χ3v) is 4.14. The van der Waals surface area contributed by atoms with E-state index in [4.69, 9.17) is 27.9 Å². The van der Waals surface area contributed by atoms with Gasteiger partial charge in [-0.1, -0.05) is 0 Å². The summed E-state index contributed by atoms with van der Waals surface area (Å²) in [7, 11) is 7.94. The van der Waals surface area contributed by atoms with Gasteiger partial charge in [-0.3, -0.25) is 0 Å². The Kier molecular flexibility index (Phi) is 7.09. The highest BCUT2D eigenvalue weighted by Gasteiger charge is 2.13. The molecule has 6 nitrogen and oxygen atoms in total. The van der Waals surface area contributed by atoms with E-state index in [9.17, 15) is 0 Å². The third kappa shape index (κ3) is 4.64. The summed E-state index contributed by atoms with van der Waals surface area (Å²) < 4.78 is 32.2. The van der Waals surface area contributed by atoms with Crippen molar-refractivity contribution in [1.82, 2.24) is 0 Å². The van der Waals surface area contributed by atoms with Crippen LogP contribution in [-0.4, -0.2) is 35.5 Å². The van der Waals surface area contributed by atoms with Gasteiger partial charge in [0, 0.05) is 16.9 Å². The number of hydrogen-bond donors (Lipinski definition) is 0. The van der Waals surface area contributed by atoms with Gasteiger partial charge in [-0.25, -0.2) is 0 Å². The van der Waals surface area contributed by atoms with E-state index in [0.29, 0.717) is 35.4 Å². The van der Waals surface area contributed by atoms with Crippen molar-refractivity contribution >= 4 is 12.0 Å². The van der Waals surface area contributed by atoms with Crippen molar-refractivity contribution in [2.24, 2.45) is 0 Å². The van der Waals surface area contributed by atoms with Gasteiger partial charge in [0.25, 0.3) is 0 Å². The molecular weight excluding hydrogens is 344 g/mol. The van der Waals surface area contributed by atoms with Gasteiger partial charge < -0.3 is 27.9 Å². The lowest BCUT2D eigenvalue weighted by molar-refractivity contribution is 0.319. The number of hydrogen-bond acceptors (Lipinski definition) is 7. The lowest BCUT2D eigenvalue weighted by atomic mass is 10.2. The molecule has 0 atom stereocenters. The smallest absolute Gasteiger partial charge is 0.203 e. The molecule has 2 aromatic carbocycles. The summed E-state index contributed by atoms with van der Waals surface area (Å²) in [5.74, 6) is 3.08. The van der Waals surface area contributed by atoms with Crippen LogP contribution in [0.4, 0.5) is 0 Å². The molecule has 0 heterocycles. The van der Waals surface area contributed by atoms with Crippen molar-refractivity contribution in [3.05, 3.63) is 35.9 Å². The first-order valence-electron chi connectivity index (χ1n) is 7.47. The highest BCUT2D eigenvalue weighted by molar-refractivity contribution is 7.94. The lowest BCUT2D eigenvalue weighted by Gasteiger charge is -2.14. The second-order valence-electron chi connectivity index (χ2n) is 4.90. The Balaban J connectivity index is 2.06. The summed E-state index contributed by atoms with van der Waals surface area (Å²) in [6, 6.07) is 9.32. The number of rotatable bonds is 9. The Hall–Kier alpha value is -2.25. The van der Waals surface area contributed by atoms with E-state index in [0.717, 1.165) is 10.5 Å². The molecule has 7 heteroatoms. The first-order chi connectivity index (χ1) is 12.2. The van der Waals surface area contributed by atoms with Gasteiger partial charge in [0.15, 0.2) is 23.0 Å². The fourth-order valence-corrected chi connectivity index (χ4v) is 2.86. The molecule has 0 unspecified atom stereocenters. The predicted octanol–water partition coefficient (Wildman–Crippen LogP) is 3.95. The second kappa shape index (κ2) is 9.29. The summed E-state index contributed by atoms with van der Waals surface area (Å²) >= 11 is 1.25. The molecule has 2 rings (SSSR count).